The number of nitrogens with one attached hydrogen (secondary N) is 1. The quantitative estimate of drug-likeness (QED) is 0.186. The highest BCUT2D eigenvalue weighted by atomic mass is 127. The maximum atomic E-state index is 15.1. The summed E-state index contributed by atoms with van der Waals surface area (Å²) in [5, 5.41) is 2.57. The van der Waals surface area contributed by atoms with Crippen molar-refractivity contribution in [2.45, 2.75) is 0 Å². The van der Waals surface area contributed by atoms with Crippen LogP contribution in [0.3, 0.4) is 0 Å². The number of carbonyl (C=O) groups is 1. The zero-order valence-electron chi connectivity index (χ0n) is 21.0. The van der Waals surface area contributed by atoms with E-state index in [-0.39, 0.29) is 22.7 Å². The van der Waals surface area contributed by atoms with Crippen LogP contribution in [0.15, 0.2) is 113 Å². The van der Waals surface area contributed by atoms with Crippen LogP contribution in [-0.4, -0.2) is 15.5 Å². The molecule has 0 radical (unpaired) electrons. The third-order valence-corrected chi connectivity index (χ3v) is 7.12. The van der Waals surface area contributed by atoms with Crippen molar-refractivity contribution in [1.29, 1.82) is 0 Å². The summed E-state index contributed by atoms with van der Waals surface area (Å²) in [5.74, 6) is -1.14. The molecule has 41 heavy (non-hydrogen) atoms. The Morgan fingerprint density at radius 1 is 0.927 bits per heavy atom. The summed E-state index contributed by atoms with van der Waals surface area (Å²) in [6, 6.07) is 23.6. The predicted octanol–water partition coefficient (Wildman–Crippen LogP) is 7.57. The van der Waals surface area contributed by atoms with Crippen LogP contribution >= 0.6 is 22.6 Å². The maximum Gasteiger partial charge on any atom is 0.269 e. The van der Waals surface area contributed by atoms with Crippen molar-refractivity contribution < 1.29 is 22.7 Å². The third kappa shape index (κ3) is 5.33. The number of ether oxygens (including phenoxy) is 1. The van der Waals surface area contributed by atoms with Gasteiger partial charge in [-0.3, -0.25) is 19.1 Å². The Bertz CT molecular complexity index is 1970. The number of carbonyl (C=O) groups excluding carboxylic acids is 1. The molecular formula is C31H18F2IN3O4. The molecule has 0 bridgehead atoms. The number of fused-ring (bicyclic) bond motifs is 1. The topological polar surface area (TPSA) is 86.4 Å². The average molecular weight is 661 g/mol. The minimum atomic E-state index is -0.742. The minimum Gasteiger partial charge on any atom is -0.450 e. The lowest BCUT2D eigenvalue weighted by molar-refractivity contribution is 0.102. The molecule has 0 unspecified atom stereocenters. The number of amides is 1. The Morgan fingerprint density at radius 2 is 1.71 bits per heavy atom. The second-order valence-electron chi connectivity index (χ2n) is 8.89. The van der Waals surface area contributed by atoms with E-state index in [0.717, 1.165) is 11.6 Å². The van der Waals surface area contributed by atoms with Gasteiger partial charge in [-0.1, -0.05) is 30.3 Å². The molecule has 0 aliphatic heterocycles. The van der Waals surface area contributed by atoms with E-state index in [1.54, 1.807) is 18.2 Å². The highest BCUT2D eigenvalue weighted by Gasteiger charge is 2.19. The van der Waals surface area contributed by atoms with E-state index in [9.17, 15) is 14.0 Å². The molecule has 0 saturated carbocycles. The number of hydrogen-bond acceptors (Lipinski definition) is 5. The van der Waals surface area contributed by atoms with Gasteiger partial charge < -0.3 is 14.5 Å². The largest absolute Gasteiger partial charge is 0.450 e. The SMILES string of the molecule is O=C(Nc1ccc(Oc2ccnc3cc(-c4ccccc4)oc23)c(F)c1)c1c(I)ccn(-c2ccc(F)cc2)c1=O. The van der Waals surface area contributed by atoms with Gasteiger partial charge in [-0.15, -0.1) is 0 Å². The van der Waals surface area contributed by atoms with Gasteiger partial charge in [0.25, 0.3) is 11.5 Å². The first-order valence-electron chi connectivity index (χ1n) is 12.3. The Kier molecular flexibility index (Phi) is 7.06. The van der Waals surface area contributed by atoms with Gasteiger partial charge in [0, 0.05) is 51.1 Å². The fourth-order valence-corrected chi connectivity index (χ4v) is 4.87. The lowest BCUT2D eigenvalue weighted by Crippen LogP contribution is -2.29. The number of aromatic nitrogens is 2. The predicted molar refractivity (Wildman–Crippen MR) is 159 cm³/mol. The molecule has 0 aliphatic carbocycles. The molecule has 0 saturated heterocycles. The lowest BCUT2D eigenvalue weighted by Gasteiger charge is -2.12. The molecule has 1 amide bonds. The van der Waals surface area contributed by atoms with Crippen molar-refractivity contribution in [2.75, 3.05) is 5.32 Å². The van der Waals surface area contributed by atoms with Crippen LogP contribution in [0, 0.1) is 15.2 Å². The molecule has 0 atom stereocenters. The summed E-state index contributed by atoms with van der Waals surface area (Å²) in [7, 11) is 0. The zero-order chi connectivity index (χ0) is 28.5. The highest BCUT2D eigenvalue weighted by Crippen LogP contribution is 2.35. The van der Waals surface area contributed by atoms with E-state index in [4.69, 9.17) is 9.15 Å². The molecule has 3 aromatic heterocycles. The monoisotopic (exact) mass is 661 g/mol. The molecule has 202 valence electrons. The number of nitrogens with zero attached hydrogens (tertiary/aromatic N) is 2. The van der Waals surface area contributed by atoms with E-state index >= 15 is 4.39 Å². The van der Waals surface area contributed by atoms with Crippen LogP contribution in [0.1, 0.15) is 10.4 Å². The molecule has 7 nitrogen and oxygen atoms in total. The molecule has 3 aromatic carbocycles. The first kappa shape index (κ1) is 26.4. The van der Waals surface area contributed by atoms with E-state index in [2.05, 4.69) is 10.3 Å². The molecule has 6 rings (SSSR count). The molecule has 0 aliphatic rings. The summed E-state index contributed by atoms with van der Waals surface area (Å²) < 4.78 is 41.9. The van der Waals surface area contributed by atoms with Gasteiger partial charge in [-0.2, -0.15) is 0 Å². The number of anilines is 1. The average Bonchev–Trinajstić information content (AvgIpc) is 3.41. The third-order valence-electron chi connectivity index (χ3n) is 6.22. The standard InChI is InChI=1S/C31H18F2IN3O4/c32-19-6-9-21(10-7-19)37-15-13-23(34)28(31(37)39)30(38)36-20-8-11-25(22(33)16-20)40-26-12-14-35-24-17-27(41-29(24)26)18-4-2-1-3-5-18/h1-17H,(H,36,38). The number of hydrogen-bond donors (Lipinski definition) is 1. The van der Waals surface area contributed by atoms with E-state index in [1.807, 2.05) is 52.9 Å². The van der Waals surface area contributed by atoms with Crippen molar-refractivity contribution in [3.05, 3.63) is 135 Å². The molecule has 0 spiro atoms. The van der Waals surface area contributed by atoms with E-state index in [0.29, 0.717) is 26.1 Å². The van der Waals surface area contributed by atoms with Gasteiger partial charge in [-0.05, 0) is 65.1 Å². The first-order chi connectivity index (χ1) is 19.9. The number of rotatable bonds is 6. The zero-order valence-corrected chi connectivity index (χ0v) is 23.1. The molecule has 10 heteroatoms. The Morgan fingerprint density at radius 3 is 2.46 bits per heavy atom. The smallest absolute Gasteiger partial charge is 0.269 e. The van der Waals surface area contributed by atoms with Crippen molar-refractivity contribution in [2.24, 2.45) is 0 Å². The van der Waals surface area contributed by atoms with Crippen molar-refractivity contribution >= 4 is 45.3 Å². The molecular weight excluding hydrogens is 643 g/mol. The Balaban J connectivity index is 1.24. The van der Waals surface area contributed by atoms with Crippen molar-refractivity contribution in [3.63, 3.8) is 0 Å². The van der Waals surface area contributed by atoms with Gasteiger partial charge in [0.05, 0.1) is 0 Å². The minimum absolute atomic E-state index is 0.0962. The number of furan rings is 1. The van der Waals surface area contributed by atoms with Gasteiger partial charge in [0.1, 0.15) is 22.7 Å². The fraction of sp³-hybridized carbons (Fsp3) is 0. The number of halogens is 3. The van der Waals surface area contributed by atoms with Crippen LogP contribution in [0.5, 0.6) is 11.5 Å². The normalized spacial score (nSPS) is 11.0. The van der Waals surface area contributed by atoms with Gasteiger partial charge in [0.2, 0.25) is 0 Å². The van der Waals surface area contributed by atoms with Crippen molar-refractivity contribution in [1.82, 2.24) is 9.55 Å². The van der Waals surface area contributed by atoms with Crippen molar-refractivity contribution in [3.8, 4) is 28.5 Å². The number of pyridine rings is 2. The van der Waals surface area contributed by atoms with Crippen LogP contribution in [0.4, 0.5) is 14.5 Å². The van der Waals surface area contributed by atoms with E-state index < -0.39 is 23.1 Å². The lowest BCUT2D eigenvalue weighted by atomic mass is 10.2. The van der Waals surface area contributed by atoms with E-state index in [1.165, 1.54) is 53.4 Å². The summed E-state index contributed by atoms with van der Waals surface area (Å²) >= 11 is 1.88. The Hall–Kier alpha value is -4.84. The second kappa shape index (κ2) is 11.0. The van der Waals surface area contributed by atoms with Gasteiger partial charge >= 0.3 is 0 Å². The van der Waals surface area contributed by atoms with Crippen LogP contribution in [0.25, 0.3) is 28.1 Å². The first-order valence-corrected chi connectivity index (χ1v) is 13.3. The van der Waals surface area contributed by atoms with Crippen LogP contribution in [-0.2, 0) is 0 Å². The molecule has 3 heterocycles. The van der Waals surface area contributed by atoms with Crippen LogP contribution < -0.4 is 15.6 Å². The maximum absolute atomic E-state index is 15.1. The van der Waals surface area contributed by atoms with Crippen LogP contribution in [0.2, 0.25) is 0 Å². The highest BCUT2D eigenvalue weighted by molar-refractivity contribution is 14.1. The summed E-state index contributed by atoms with van der Waals surface area (Å²) in [4.78, 5) is 30.5. The molecule has 6 aromatic rings. The number of benzene rings is 3. The Labute approximate surface area is 245 Å². The summed E-state index contributed by atoms with van der Waals surface area (Å²) in [6.07, 6.45) is 3.03. The fourth-order valence-electron chi connectivity index (χ4n) is 4.24. The molecule has 0 fully saturated rings. The van der Waals surface area contributed by atoms with Gasteiger partial charge in [0.15, 0.2) is 22.9 Å². The molecule has 1 N–H and O–H groups in total. The summed E-state index contributed by atoms with van der Waals surface area (Å²) in [5.41, 5.74) is 1.55. The summed E-state index contributed by atoms with van der Waals surface area (Å²) in [6.45, 7) is 0. The van der Waals surface area contributed by atoms with Gasteiger partial charge in [-0.25, -0.2) is 8.78 Å². The second-order valence-corrected chi connectivity index (χ2v) is 10.1.